The number of ether oxygens (including phenoxy) is 1. The molecule has 24 heavy (non-hydrogen) atoms. The lowest BCUT2D eigenvalue weighted by Crippen LogP contribution is -2.54. The lowest BCUT2D eigenvalue weighted by Gasteiger charge is -2.43. The van der Waals surface area contributed by atoms with Crippen LogP contribution in [0.15, 0.2) is 29.3 Å². The molecule has 0 saturated heterocycles. The van der Waals surface area contributed by atoms with Crippen LogP contribution in [-0.2, 0) is 11.2 Å². The van der Waals surface area contributed by atoms with Gasteiger partial charge in [-0.25, -0.2) is 4.79 Å². The van der Waals surface area contributed by atoms with Crippen LogP contribution < -0.4 is 5.32 Å². The smallest absolute Gasteiger partial charge is 0.335 e. The minimum atomic E-state index is -0.920. The zero-order valence-corrected chi connectivity index (χ0v) is 15.5. The number of benzene rings is 1. The molecule has 2 rings (SSSR count). The average Bonchev–Trinajstić information content (AvgIpc) is 2.53. The van der Waals surface area contributed by atoms with E-state index in [0.717, 1.165) is 24.1 Å². The molecule has 1 aliphatic rings. The number of hydrogen-bond acceptors (Lipinski definition) is 3. The zero-order chi connectivity index (χ0) is 17.9. The molecule has 1 heterocycles. The Morgan fingerprint density at radius 3 is 2.71 bits per heavy atom. The molecule has 2 N–H and O–H groups in total. The van der Waals surface area contributed by atoms with E-state index in [1.807, 2.05) is 6.07 Å². The summed E-state index contributed by atoms with van der Waals surface area (Å²) < 4.78 is 5.47. The summed E-state index contributed by atoms with van der Waals surface area (Å²) >= 11 is 6.73. The molecule has 0 bridgehead atoms. The molecular formula is C19H26ClNO3. The Kier molecular flexibility index (Phi) is 5.94. The maximum absolute atomic E-state index is 11.2. The molecule has 0 aromatic heterocycles. The van der Waals surface area contributed by atoms with E-state index in [9.17, 15) is 4.79 Å². The van der Waals surface area contributed by atoms with Gasteiger partial charge in [-0.2, -0.15) is 0 Å². The van der Waals surface area contributed by atoms with Gasteiger partial charge >= 0.3 is 5.97 Å². The average molecular weight is 352 g/mol. The van der Waals surface area contributed by atoms with E-state index in [0.29, 0.717) is 18.6 Å². The second-order valence-electron chi connectivity index (χ2n) is 6.84. The van der Waals surface area contributed by atoms with Crippen LogP contribution in [-0.4, -0.2) is 35.7 Å². The number of alkyl halides is 1. The van der Waals surface area contributed by atoms with E-state index in [1.165, 1.54) is 11.1 Å². The molecule has 132 valence electrons. The highest BCUT2D eigenvalue weighted by Crippen LogP contribution is 2.38. The van der Waals surface area contributed by atoms with E-state index in [4.69, 9.17) is 21.4 Å². The summed E-state index contributed by atoms with van der Waals surface area (Å²) in [5.41, 5.74) is 4.52. The quantitative estimate of drug-likeness (QED) is 0.586. The Morgan fingerprint density at radius 2 is 2.12 bits per heavy atom. The van der Waals surface area contributed by atoms with Gasteiger partial charge in [0.25, 0.3) is 0 Å². The second kappa shape index (κ2) is 7.58. The largest absolute Gasteiger partial charge is 0.478 e. The molecule has 1 aliphatic heterocycles. The number of anilines is 1. The highest BCUT2D eigenvalue weighted by Gasteiger charge is 2.41. The third-order valence-electron chi connectivity index (χ3n) is 4.94. The van der Waals surface area contributed by atoms with Gasteiger partial charge in [0.2, 0.25) is 0 Å². The minimum absolute atomic E-state index is 0.168. The van der Waals surface area contributed by atoms with Crippen molar-refractivity contribution >= 4 is 23.3 Å². The van der Waals surface area contributed by atoms with Crippen LogP contribution in [0.4, 0.5) is 5.69 Å². The highest BCUT2D eigenvalue weighted by atomic mass is 35.5. The van der Waals surface area contributed by atoms with Gasteiger partial charge in [0, 0.05) is 12.8 Å². The predicted octanol–water partition coefficient (Wildman–Crippen LogP) is 4.48. The van der Waals surface area contributed by atoms with Crippen molar-refractivity contribution in [2.45, 2.75) is 50.9 Å². The molecule has 0 radical (unpaired) electrons. The second-order valence-corrected chi connectivity index (χ2v) is 7.37. The van der Waals surface area contributed by atoms with Crippen molar-refractivity contribution in [3.05, 3.63) is 40.5 Å². The number of allylic oxidation sites excluding steroid dienone is 2. The molecule has 4 nitrogen and oxygen atoms in total. The summed E-state index contributed by atoms with van der Waals surface area (Å²) in [5, 5.41) is 12.5. The summed E-state index contributed by atoms with van der Waals surface area (Å²) in [6, 6.07) is 5.17. The van der Waals surface area contributed by atoms with E-state index in [2.05, 4.69) is 26.1 Å². The Morgan fingerprint density at radius 1 is 1.42 bits per heavy atom. The number of carboxylic acids is 1. The van der Waals surface area contributed by atoms with Gasteiger partial charge in [-0.1, -0.05) is 11.1 Å². The lowest BCUT2D eigenvalue weighted by molar-refractivity contribution is 0.0696. The lowest BCUT2D eigenvalue weighted by atomic mass is 9.81. The van der Waals surface area contributed by atoms with Gasteiger partial charge in [-0.05, 0) is 63.8 Å². The fourth-order valence-corrected chi connectivity index (χ4v) is 3.48. The van der Waals surface area contributed by atoms with E-state index < -0.39 is 5.97 Å². The fourth-order valence-electron chi connectivity index (χ4n) is 3.09. The van der Waals surface area contributed by atoms with Gasteiger partial charge in [0.15, 0.2) is 0 Å². The Labute approximate surface area is 148 Å². The first kappa shape index (κ1) is 18.8. The number of methoxy groups -OCH3 is 1. The van der Waals surface area contributed by atoms with Crippen molar-refractivity contribution in [2.24, 2.45) is 0 Å². The number of carboxylic acid groups (broad SMARTS) is 1. The first-order chi connectivity index (χ1) is 11.3. The van der Waals surface area contributed by atoms with Crippen molar-refractivity contribution in [1.29, 1.82) is 0 Å². The van der Waals surface area contributed by atoms with Gasteiger partial charge < -0.3 is 15.2 Å². The van der Waals surface area contributed by atoms with E-state index in [-0.39, 0.29) is 10.9 Å². The number of nitrogens with one attached hydrogen (secondary N) is 1. The van der Waals surface area contributed by atoms with E-state index in [1.54, 1.807) is 19.2 Å². The van der Waals surface area contributed by atoms with Crippen molar-refractivity contribution < 1.29 is 14.6 Å². The summed E-state index contributed by atoms with van der Waals surface area (Å²) in [6.07, 6.45) is 2.44. The third-order valence-corrected chi connectivity index (χ3v) is 5.51. The monoisotopic (exact) mass is 351 g/mol. The predicted molar refractivity (Wildman–Crippen MR) is 98.3 cm³/mol. The molecule has 1 aromatic rings. The minimum Gasteiger partial charge on any atom is -0.478 e. The molecule has 1 aromatic carbocycles. The van der Waals surface area contributed by atoms with Crippen molar-refractivity contribution in [2.75, 3.05) is 19.0 Å². The number of rotatable bonds is 6. The maximum atomic E-state index is 11.2. The summed E-state index contributed by atoms with van der Waals surface area (Å²) in [7, 11) is 1.68. The molecule has 0 fully saturated rings. The molecular weight excluding hydrogens is 326 g/mol. The molecule has 0 amide bonds. The first-order valence-corrected chi connectivity index (χ1v) is 8.63. The Balaban J connectivity index is 2.30. The number of fused-ring (bicyclic) bond motifs is 1. The molecule has 2 atom stereocenters. The van der Waals surface area contributed by atoms with Crippen LogP contribution in [0.2, 0.25) is 0 Å². The molecule has 0 saturated carbocycles. The van der Waals surface area contributed by atoms with Crippen LogP contribution in [0.3, 0.4) is 0 Å². The van der Waals surface area contributed by atoms with Crippen molar-refractivity contribution in [3.8, 4) is 0 Å². The SMILES string of the molecule is COC[C@@]1(CCC(C)=C(C)C)Nc2ccc(C(=O)O)cc2C[C@@H]1Cl. The molecule has 0 unspecified atom stereocenters. The van der Waals surface area contributed by atoms with Crippen LogP contribution >= 0.6 is 11.6 Å². The normalized spacial score (nSPS) is 22.5. The summed E-state index contributed by atoms with van der Waals surface area (Å²) in [5.74, 6) is -0.920. The standard InChI is InChI=1S/C19H26ClNO3/c1-12(2)13(3)7-8-19(11-24-4)17(20)10-15-9-14(18(22)23)5-6-16(15)21-19/h5-6,9,17,21H,7-8,10-11H2,1-4H3,(H,22,23)/t17-,19+/m0/s1. The van der Waals surface area contributed by atoms with Crippen molar-refractivity contribution in [3.63, 3.8) is 0 Å². The highest BCUT2D eigenvalue weighted by molar-refractivity contribution is 6.22. The zero-order valence-electron chi connectivity index (χ0n) is 14.8. The van der Waals surface area contributed by atoms with Gasteiger partial charge in [-0.15, -0.1) is 11.6 Å². The van der Waals surface area contributed by atoms with Crippen molar-refractivity contribution in [1.82, 2.24) is 0 Å². The van der Waals surface area contributed by atoms with Gasteiger partial charge in [0.1, 0.15) is 0 Å². The number of aromatic carboxylic acids is 1. The van der Waals surface area contributed by atoms with E-state index >= 15 is 0 Å². The molecule has 0 spiro atoms. The van der Waals surface area contributed by atoms with Crippen LogP contribution in [0.5, 0.6) is 0 Å². The number of carbonyl (C=O) groups is 1. The van der Waals surface area contributed by atoms with Gasteiger partial charge in [0.05, 0.1) is 23.1 Å². The topological polar surface area (TPSA) is 58.6 Å². The number of hydrogen-bond donors (Lipinski definition) is 2. The Bertz CT molecular complexity index is 652. The fraction of sp³-hybridized carbons (Fsp3) is 0.526. The molecule has 5 heteroatoms. The van der Waals surface area contributed by atoms with Crippen LogP contribution in [0.25, 0.3) is 0 Å². The summed E-state index contributed by atoms with van der Waals surface area (Å²) in [4.78, 5) is 11.2. The third kappa shape index (κ3) is 3.93. The Hall–Kier alpha value is -1.52. The first-order valence-electron chi connectivity index (χ1n) is 8.19. The van der Waals surface area contributed by atoms with Gasteiger partial charge in [-0.3, -0.25) is 0 Å². The summed E-state index contributed by atoms with van der Waals surface area (Å²) in [6.45, 7) is 6.90. The maximum Gasteiger partial charge on any atom is 0.335 e. The van der Waals surface area contributed by atoms with Crippen LogP contribution in [0.1, 0.15) is 49.5 Å². The number of halogens is 1. The molecule has 0 aliphatic carbocycles. The van der Waals surface area contributed by atoms with Crippen LogP contribution in [0, 0.1) is 0 Å².